The van der Waals surface area contributed by atoms with Crippen molar-refractivity contribution in [2.45, 2.75) is 50.8 Å². The van der Waals surface area contributed by atoms with E-state index in [2.05, 4.69) is 5.32 Å². The molecule has 1 saturated carbocycles. The number of hydrogen-bond acceptors (Lipinski definition) is 6. The summed E-state index contributed by atoms with van der Waals surface area (Å²) in [5, 5.41) is 18.3. The molecule has 1 aromatic rings. The van der Waals surface area contributed by atoms with Gasteiger partial charge < -0.3 is 20.7 Å². The van der Waals surface area contributed by atoms with Gasteiger partial charge >= 0.3 is 12.0 Å². The lowest BCUT2D eigenvalue weighted by Gasteiger charge is -2.45. The van der Waals surface area contributed by atoms with Crippen molar-refractivity contribution in [1.29, 1.82) is 10.8 Å². The van der Waals surface area contributed by atoms with Crippen LogP contribution in [0.25, 0.3) is 0 Å². The summed E-state index contributed by atoms with van der Waals surface area (Å²) in [6.07, 6.45) is 2.17. The summed E-state index contributed by atoms with van der Waals surface area (Å²) in [6, 6.07) is 7.10. The maximum atomic E-state index is 12.8. The molecule has 0 bridgehead atoms. The molecule has 1 saturated heterocycles. The summed E-state index contributed by atoms with van der Waals surface area (Å²) in [4.78, 5) is 40.4. The Morgan fingerprint density at radius 3 is 2.48 bits per heavy atom. The molecule has 3 atom stereocenters. The Morgan fingerprint density at radius 1 is 1.29 bits per heavy atom. The first-order chi connectivity index (χ1) is 14.7. The van der Waals surface area contributed by atoms with Crippen LogP contribution in [0.1, 0.15) is 44.2 Å². The number of guanidine groups is 1. The largest absolute Gasteiger partial charge is 0.461 e. The van der Waals surface area contributed by atoms with E-state index in [9.17, 15) is 14.4 Å². The van der Waals surface area contributed by atoms with Crippen LogP contribution in [0.15, 0.2) is 30.3 Å². The van der Waals surface area contributed by atoms with E-state index in [1.807, 2.05) is 30.3 Å². The number of esters is 1. The lowest BCUT2D eigenvalue weighted by Crippen LogP contribution is -2.69. The van der Waals surface area contributed by atoms with Crippen LogP contribution in [0.3, 0.4) is 0 Å². The van der Waals surface area contributed by atoms with E-state index >= 15 is 0 Å². The van der Waals surface area contributed by atoms with E-state index in [4.69, 9.17) is 21.3 Å². The summed E-state index contributed by atoms with van der Waals surface area (Å²) in [5.41, 5.74) is 6.26. The molecule has 0 unspecified atom stereocenters. The molecule has 0 spiro atoms. The van der Waals surface area contributed by atoms with Crippen molar-refractivity contribution >= 4 is 29.7 Å². The first kappa shape index (κ1) is 22.3. The normalized spacial score (nSPS) is 21.4. The second kappa shape index (κ2) is 9.15. The Hall–Kier alpha value is -3.43. The minimum Gasteiger partial charge on any atom is -0.461 e. The van der Waals surface area contributed by atoms with Crippen LogP contribution in [0.4, 0.5) is 4.79 Å². The van der Waals surface area contributed by atoms with Gasteiger partial charge in [-0.05, 0) is 31.7 Å². The van der Waals surface area contributed by atoms with E-state index in [1.165, 1.54) is 7.05 Å². The molecule has 10 heteroatoms. The lowest BCUT2D eigenvalue weighted by molar-refractivity contribution is -0.175. The number of rotatable bonds is 6. The average Bonchev–Trinajstić information content (AvgIpc) is 2.71. The van der Waals surface area contributed by atoms with E-state index < -0.39 is 29.9 Å². The summed E-state index contributed by atoms with van der Waals surface area (Å²) >= 11 is 0. The molecule has 3 rings (SSSR count). The van der Waals surface area contributed by atoms with Gasteiger partial charge in [0.05, 0.1) is 12.0 Å². The molecule has 1 aromatic carbocycles. The van der Waals surface area contributed by atoms with Crippen LogP contribution < -0.4 is 11.1 Å². The summed E-state index contributed by atoms with van der Waals surface area (Å²) in [5.74, 6) is -2.56. The number of carbonyl (C=O) groups excluding carboxylic acids is 3. The molecule has 3 amide bonds. The standard InChI is InChI=1S/C21H28N6O4/c1-12(13-7-4-3-5-8-13)25-21(30)27-17(19(29)31-14-9-6-10-14)15(18(27)28)11-16(22)26(2)20(23)24/h3-5,7-8,12,14-15,17,22H,6,9-11H2,1-2H3,(H3,23,24)(H,25,30)/t12-,15-,17+/m1/s1. The van der Waals surface area contributed by atoms with Crippen LogP contribution >= 0.6 is 0 Å². The number of β-lactam (4-membered cyclic amide) rings is 1. The average molecular weight is 428 g/mol. The number of likely N-dealkylation sites (tertiary alicyclic amines) is 1. The first-order valence-electron chi connectivity index (χ1n) is 10.2. The Kier molecular flexibility index (Phi) is 6.57. The monoisotopic (exact) mass is 428 g/mol. The maximum Gasteiger partial charge on any atom is 0.330 e. The number of nitrogens with one attached hydrogen (secondary N) is 3. The number of nitrogens with zero attached hydrogens (tertiary/aromatic N) is 2. The number of nitrogens with two attached hydrogens (primary N) is 1. The highest BCUT2D eigenvalue weighted by Gasteiger charge is 2.56. The molecular formula is C21H28N6O4. The third-order valence-corrected chi connectivity index (χ3v) is 5.83. The molecule has 0 aromatic heterocycles. The fraction of sp³-hybridized carbons (Fsp3) is 0.476. The van der Waals surface area contributed by atoms with E-state index in [0.717, 1.165) is 34.6 Å². The van der Waals surface area contributed by atoms with Gasteiger partial charge in [-0.25, -0.2) is 14.5 Å². The van der Waals surface area contributed by atoms with Gasteiger partial charge in [0.1, 0.15) is 11.9 Å². The number of benzene rings is 1. The number of hydrogen-bond donors (Lipinski definition) is 4. The second-order valence-electron chi connectivity index (χ2n) is 7.93. The molecular weight excluding hydrogens is 400 g/mol. The molecule has 1 aliphatic carbocycles. The zero-order chi connectivity index (χ0) is 22.7. The Labute approximate surface area is 180 Å². The van der Waals surface area contributed by atoms with Gasteiger partial charge in [-0.1, -0.05) is 30.3 Å². The van der Waals surface area contributed by atoms with Gasteiger partial charge in [0, 0.05) is 13.5 Å². The van der Waals surface area contributed by atoms with Crippen molar-refractivity contribution < 1.29 is 19.1 Å². The maximum absolute atomic E-state index is 12.8. The van der Waals surface area contributed by atoms with Crippen molar-refractivity contribution in [2.24, 2.45) is 11.7 Å². The minimum absolute atomic E-state index is 0.0926. The predicted molar refractivity (Wildman–Crippen MR) is 113 cm³/mol. The number of amidine groups is 1. The van der Waals surface area contributed by atoms with Crippen molar-refractivity contribution in [3.8, 4) is 0 Å². The van der Waals surface area contributed by atoms with Gasteiger partial charge in [-0.3, -0.25) is 15.6 Å². The van der Waals surface area contributed by atoms with Gasteiger partial charge in [0.15, 0.2) is 12.0 Å². The third kappa shape index (κ3) is 4.68. The highest BCUT2D eigenvalue weighted by Crippen LogP contribution is 2.33. The Balaban J connectivity index is 1.73. The quantitative estimate of drug-likeness (QED) is 0.233. The third-order valence-electron chi connectivity index (χ3n) is 5.83. The predicted octanol–water partition coefficient (Wildman–Crippen LogP) is 1.57. The van der Waals surface area contributed by atoms with E-state index in [0.29, 0.717) is 0 Å². The van der Waals surface area contributed by atoms with Crippen molar-refractivity contribution in [3.05, 3.63) is 35.9 Å². The van der Waals surface area contributed by atoms with Crippen molar-refractivity contribution in [1.82, 2.24) is 15.1 Å². The topological polar surface area (TPSA) is 153 Å². The summed E-state index contributed by atoms with van der Waals surface area (Å²) in [7, 11) is 1.43. The fourth-order valence-corrected chi connectivity index (χ4v) is 3.54. The highest BCUT2D eigenvalue weighted by molar-refractivity contribution is 6.10. The van der Waals surface area contributed by atoms with Crippen LogP contribution in [0, 0.1) is 16.7 Å². The molecule has 1 aliphatic heterocycles. The molecule has 0 radical (unpaired) electrons. The van der Waals surface area contributed by atoms with E-state index in [-0.39, 0.29) is 30.4 Å². The Morgan fingerprint density at radius 2 is 1.94 bits per heavy atom. The number of ether oxygens (including phenoxy) is 1. The van der Waals surface area contributed by atoms with Crippen LogP contribution in [0.2, 0.25) is 0 Å². The van der Waals surface area contributed by atoms with Gasteiger partial charge in [-0.15, -0.1) is 0 Å². The van der Waals surface area contributed by atoms with Crippen molar-refractivity contribution in [2.75, 3.05) is 7.05 Å². The SMILES string of the molecule is C[C@@H](NC(=O)N1C(=O)[C@H](CC(=N)N(C)C(=N)N)[C@H]1C(=O)OC1CCC1)c1ccccc1. The summed E-state index contributed by atoms with van der Waals surface area (Å²) < 4.78 is 5.46. The summed E-state index contributed by atoms with van der Waals surface area (Å²) in [6.45, 7) is 1.79. The molecule has 2 fully saturated rings. The molecule has 10 nitrogen and oxygen atoms in total. The highest BCUT2D eigenvalue weighted by atomic mass is 16.5. The first-order valence-corrected chi connectivity index (χ1v) is 10.2. The number of carbonyl (C=O) groups is 3. The van der Waals surface area contributed by atoms with Crippen LogP contribution in [-0.4, -0.2) is 58.7 Å². The van der Waals surface area contributed by atoms with Gasteiger partial charge in [0.2, 0.25) is 5.91 Å². The van der Waals surface area contributed by atoms with Gasteiger partial charge in [-0.2, -0.15) is 0 Å². The van der Waals surface area contributed by atoms with Crippen LogP contribution in [-0.2, 0) is 14.3 Å². The lowest BCUT2D eigenvalue weighted by atomic mass is 9.84. The molecule has 2 aliphatic rings. The van der Waals surface area contributed by atoms with Gasteiger partial charge in [0.25, 0.3) is 0 Å². The zero-order valence-corrected chi connectivity index (χ0v) is 17.6. The molecule has 166 valence electrons. The Bertz CT molecular complexity index is 885. The van der Waals surface area contributed by atoms with E-state index in [1.54, 1.807) is 6.92 Å². The minimum atomic E-state index is -1.11. The molecule has 31 heavy (non-hydrogen) atoms. The number of urea groups is 1. The fourth-order valence-electron chi connectivity index (χ4n) is 3.54. The second-order valence-corrected chi connectivity index (χ2v) is 7.93. The number of amides is 3. The van der Waals surface area contributed by atoms with Crippen LogP contribution in [0.5, 0.6) is 0 Å². The smallest absolute Gasteiger partial charge is 0.330 e. The molecule has 1 heterocycles. The van der Waals surface area contributed by atoms with Crippen molar-refractivity contribution in [3.63, 3.8) is 0 Å². The zero-order valence-electron chi connectivity index (χ0n) is 17.6. The molecule has 5 N–H and O–H groups in total. The number of imide groups is 1.